The van der Waals surface area contributed by atoms with E-state index < -0.39 is 5.97 Å². The minimum Gasteiger partial charge on any atom is -0.480 e. The van der Waals surface area contributed by atoms with E-state index in [0.717, 1.165) is 4.21 Å². The Morgan fingerprint density at radius 3 is 2.50 bits per heavy atom. The maximum atomic E-state index is 12.4. The fourth-order valence-electron chi connectivity index (χ4n) is 2.24. The number of carboxylic acids is 1. The predicted octanol–water partition coefficient (Wildman–Crippen LogP) is 3.42. The summed E-state index contributed by atoms with van der Waals surface area (Å²) in [5.74, 6) is -1.19. The van der Waals surface area contributed by atoms with Crippen LogP contribution < -0.4 is 5.32 Å². The zero-order valence-corrected chi connectivity index (χ0v) is 15.9. The highest BCUT2D eigenvalue weighted by molar-refractivity contribution is 8.01. The lowest BCUT2D eigenvalue weighted by atomic mass is 10.1. The summed E-state index contributed by atoms with van der Waals surface area (Å²) in [4.78, 5) is 36.6. The van der Waals surface area contributed by atoms with Crippen molar-refractivity contribution in [3.8, 4) is 0 Å². The number of carbonyl (C=O) groups excluding carboxylic acids is 2. The SMILES string of the molecule is CCCN(CC(=O)O)C(=O)c1ccc(NC(=O)CSc2cccs2)cc1. The number of hydrogen-bond acceptors (Lipinski definition) is 5. The molecule has 6 nitrogen and oxygen atoms in total. The lowest BCUT2D eigenvalue weighted by Crippen LogP contribution is -2.36. The third kappa shape index (κ3) is 6.20. The number of aliphatic carboxylic acids is 1. The molecule has 1 aromatic carbocycles. The summed E-state index contributed by atoms with van der Waals surface area (Å²) in [5.41, 5.74) is 0.990. The molecule has 0 aliphatic carbocycles. The molecule has 2 aromatic rings. The van der Waals surface area contributed by atoms with Gasteiger partial charge >= 0.3 is 5.97 Å². The summed E-state index contributed by atoms with van der Waals surface area (Å²) in [7, 11) is 0. The van der Waals surface area contributed by atoms with Crippen LogP contribution in [0.3, 0.4) is 0 Å². The monoisotopic (exact) mass is 392 g/mol. The molecule has 1 heterocycles. The van der Waals surface area contributed by atoms with Crippen LogP contribution in [-0.4, -0.2) is 46.6 Å². The summed E-state index contributed by atoms with van der Waals surface area (Å²) in [6, 6.07) is 10.4. The van der Waals surface area contributed by atoms with Crippen molar-refractivity contribution < 1.29 is 19.5 Å². The van der Waals surface area contributed by atoms with Crippen molar-refractivity contribution >= 4 is 46.6 Å². The molecule has 0 spiro atoms. The minimum absolute atomic E-state index is 0.124. The van der Waals surface area contributed by atoms with Gasteiger partial charge in [-0.05, 0) is 42.1 Å². The summed E-state index contributed by atoms with van der Waals surface area (Å²) in [6.45, 7) is 1.93. The first kappa shape index (κ1) is 20.0. The van der Waals surface area contributed by atoms with Crippen molar-refractivity contribution in [1.29, 1.82) is 0 Å². The molecule has 0 aliphatic heterocycles. The van der Waals surface area contributed by atoms with E-state index >= 15 is 0 Å². The van der Waals surface area contributed by atoms with Crippen LogP contribution in [0.1, 0.15) is 23.7 Å². The first-order valence-electron chi connectivity index (χ1n) is 8.07. The highest BCUT2D eigenvalue weighted by Crippen LogP contribution is 2.23. The minimum atomic E-state index is -1.04. The van der Waals surface area contributed by atoms with Gasteiger partial charge in [-0.1, -0.05) is 13.0 Å². The number of anilines is 1. The van der Waals surface area contributed by atoms with E-state index in [2.05, 4.69) is 5.32 Å². The third-order valence-electron chi connectivity index (χ3n) is 3.36. The Hall–Kier alpha value is -2.32. The predicted molar refractivity (Wildman–Crippen MR) is 104 cm³/mol. The normalized spacial score (nSPS) is 10.3. The topological polar surface area (TPSA) is 86.7 Å². The average Bonchev–Trinajstić information content (AvgIpc) is 3.13. The largest absolute Gasteiger partial charge is 0.480 e. The number of hydrogen-bond donors (Lipinski definition) is 2. The first-order chi connectivity index (χ1) is 12.5. The highest BCUT2D eigenvalue weighted by atomic mass is 32.2. The van der Waals surface area contributed by atoms with Gasteiger partial charge in [0.15, 0.2) is 0 Å². The smallest absolute Gasteiger partial charge is 0.323 e. The van der Waals surface area contributed by atoms with Crippen LogP contribution >= 0.6 is 23.1 Å². The maximum absolute atomic E-state index is 12.4. The molecule has 1 aromatic heterocycles. The number of nitrogens with zero attached hydrogens (tertiary/aromatic N) is 1. The number of thiophene rings is 1. The van der Waals surface area contributed by atoms with Crippen molar-refractivity contribution in [3.05, 3.63) is 47.3 Å². The van der Waals surface area contributed by atoms with Gasteiger partial charge < -0.3 is 15.3 Å². The van der Waals surface area contributed by atoms with Gasteiger partial charge in [-0.15, -0.1) is 23.1 Å². The molecule has 0 saturated carbocycles. The summed E-state index contributed by atoms with van der Waals surface area (Å²) < 4.78 is 1.08. The lowest BCUT2D eigenvalue weighted by molar-refractivity contribution is -0.137. The average molecular weight is 393 g/mol. The molecule has 0 bridgehead atoms. The van der Waals surface area contributed by atoms with Crippen LogP contribution in [0.25, 0.3) is 0 Å². The van der Waals surface area contributed by atoms with E-state index in [1.54, 1.807) is 35.6 Å². The zero-order valence-electron chi connectivity index (χ0n) is 14.3. The molecule has 2 N–H and O–H groups in total. The van der Waals surface area contributed by atoms with Crippen LogP contribution in [0.2, 0.25) is 0 Å². The van der Waals surface area contributed by atoms with Gasteiger partial charge in [-0.2, -0.15) is 0 Å². The van der Waals surface area contributed by atoms with Crippen molar-refractivity contribution in [2.75, 3.05) is 24.2 Å². The number of carbonyl (C=O) groups is 3. The van der Waals surface area contributed by atoms with Gasteiger partial charge in [-0.3, -0.25) is 14.4 Å². The first-order valence-corrected chi connectivity index (χ1v) is 9.93. The van der Waals surface area contributed by atoms with E-state index in [1.165, 1.54) is 16.7 Å². The molecule has 138 valence electrons. The molecule has 0 aliphatic rings. The molecule has 2 amide bonds. The van der Waals surface area contributed by atoms with Gasteiger partial charge in [-0.25, -0.2) is 0 Å². The Kier molecular flexibility index (Phi) is 7.68. The van der Waals surface area contributed by atoms with Crippen molar-refractivity contribution in [3.63, 3.8) is 0 Å². The number of carboxylic acid groups (broad SMARTS) is 1. The number of nitrogens with one attached hydrogen (secondary N) is 1. The van der Waals surface area contributed by atoms with Gasteiger partial charge in [0.05, 0.1) is 9.96 Å². The van der Waals surface area contributed by atoms with Crippen LogP contribution in [0.15, 0.2) is 46.0 Å². The second-order valence-corrected chi connectivity index (χ2v) is 7.69. The van der Waals surface area contributed by atoms with E-state index in [-0.39, 0.29) is 18.4 Å². The van der Waals surface area contributed by atoms with Crippen LogP contribution in [0.5, 0.6) is 0 Å². The van der Waals surface area contributed by atoms with Crippen molar-refractivity contribution in [1.82, 2.24) is 4.90 Å². The lowest BCUT2D eigenvalue weighted by Gasteiger charge is -2.20. The van der Waals surface area contributed by atoms with Gasteiger partial charge in [0.2, 0.25) is 5.91 Å². The van der Waals surface area contributed by atoms with Gasteiger partial charge in [0, 0.05) is 17.8 Å². The quantitative estimate of drug-likeness (QED) is 0.639. The van der Waals surface area contributed by atoms with E-state index in [1.807, 2.05) is 24.4 Å². The number of rotatable bonds is 9. The van der Waals surface area contributed by atoms with E-state index in [0.29, 0.717) is 30.0 Å². The van der Waals surface area contributed by atoms with Crippen molar-refractivity contribution in [2.45, 2.75) is 17.6 Å². The highest BCUT2D eigenvalue weighted by Gasteiger charge is 2.17. The fourth-order valence-corrected chi connectivity index (χ4v) is 3.83. The molecule has 0 radical (unpaired) electrons. The van der Waals surface area contributed by atoms with Crippen LogP contribution in [0, 0.1) is 0 Å². The Morgan fingerprint density at radius 2 is 1.92 bits per heavy atom. The maximum Gasteiger partial charge on any atom is 0.323 e. The Labute approximate surface area is 160 Å². The number of benzene rings is 1. The van der Waals surface area contributed by atoms with Crippen LogP contribution in [-0.2, 0) is 9.59 Å². The Bertz CT molecular complexity index is 745. The zero-order chi connectivity index (χ0) is 18.9. The molecule has 0 saturated heterocycles. The molecule has 2 rings (SSSR count). The second kappa shape index (κ2) is 9.98. The molecule has 0 atom stereocenters. The second-order valence-electron chi connectivity index (χ2n) is 5.47. The summed E-state index contributed by atoms with van der Waals surface area (Å²) >= 11 is 3.05. The molecular weight excluding hydrogens is 372 g/mol. The van der Waals surface area contributed by atoms with Gasteiger partial charge in [0.25, 0.3) is 5.91 Å². The molecule has 8 heteroatoms. The Balaban J connectivity index is 1.92. The molecule has 0 fully saturated rings. The fraction of sp³-hybridized carbons (Fsp3) is 0.278. The van der Waals surface area contributed by atoms with Crippen LogP contribution in [0.4, 0.5) is 5.69 Å². The molecule has 0 unspecified atom stereocenters. The third-order valence-corrected chi connectivity index (χ3v) is 5.49. The molecular formula is C18H20N2O4S2. The van der Waals surface area contributed by atoms with E-state index in [9.17, 15) is 14.4 Å². The van der Waals surface area contributed by atoms with Crippen molar-refractivity contribution in [2.24, 2.45) is 0 Å². The summed E-state index contributed by atoms with van der Waals surface area (Å²) in [5, 5.41) is 13.7. The number of amides is 2. The van der Waals surface area contributed by atoms with Gasteiger partial charge in [0.1, 0.15) is 6.54 Å². The Morgan fingerprint density at radius 1 is 1.19 bits per heavy atom. The standard InChI is InChI=1S/C18H20N2O4S2/c1-2-9-20(11-16(22)23)18(24)13-5-7-14(8-6-13)19-15(21)12-26-17-4-3-10-25-17/h3-8,10H,2,9,11-12H2,1H3,(H,19,21)(H,22,23). The summed E-state index contributed by atoms with van der Waals surface area (Å²) in [6.07, 6.45) is 0.676. The van der Waals surface area contributed by atoms with E-state index in [4.69, 9.17) is 5.11 Å². The molecule has 26 heavy (non-hydrogen) atoms. The number of thioether (sulfide) groups is 1.